The summed E-state index contributed by atoms with van der Waals surface area (Å²) < 4.78 is 23.5. The van der Waals surface area contributed by atoms with Crippen LogP contribution in [0.15, 0.2) is 18.2 Å². The number of ether oxygens (including phenoxy) is 4. The van der Waals surface area contributed by atoms with Crippen molar-refractivity contribution < 1.29 is 18.9 Å². The molecule has 0 aliphatic heterocycles. The molecule has 9 heteroatoms. The fraction of sp³-hybridized carbons (Fsp3) is 0.750. The number of rotatable bonds is 32. The van der Waals surface area contributed by atoms with Gasteiger partial charge in [-0.05, 0) is 88.4 Å². The van der Waals surface area contributed by atoms with Crippen LogP contribution in [-0.2, 0) is 27.2 Å². The van der Waals surface area contributed by atoms with E-state index in [9.17, 15) is 0 Å². The van der Waals surface area contributed by atoms with Crippen LogP contribution < -0.4 is 15.8 Å². The van der Waals surface area contributed by atoms with E-state index in [1.807, 2.05) is 6.92 Å². The average Bonchev–Trinajstić information content (AvgIpc) is 3.09. The van der Waals surface area contributed by atoms with Gasteiger partial charge in [0.15, 0.2) is 0 Å². The molecule has 1 aromatic heterocycles. The van der Waals surface area contributed by atoms with Crippen LogP contribution in [0.5, 0.6) is 5.75 Å². The lowest BCUT2D eigenvalue weighted by atomic mass is 10.0. The molecule has 280 valence electrons. The molecular formula is C40H71N5O4. The summed E-state index contributed by atoms with van der Waals surface area (Å²) in [5, 5.41) is 3.51. The second-order valence-corrected chi connectivity index (χ2v) is 13.2. The third-order valence-electron chi connectivity index (χ3n) is 8.81. The van der Waals surface area contributed by atoms with Gasteiger partial charge < -0.3 is 30.0 Å². The minimum Gasteiger partial charge on any atom is -0.496 e. The smallest absolute Gasteiger partial charge is 0.222 e. The summed E-state index contributed by atoms with van der Waals surface area (Å²) in [5.41, 5.74) is 10.4. The lowest BCUT2D eigenvalue weighted by molar-refractivity contribution is 0.0922. The number of aromatic nitrogens is 2. The van der Waals surface area contributed by atoms with Crippen LogP contribution in [0.4, 0.5) is 11.8 Å². The summed E-state index contributed by atoms with van der Waals surface area (Å²) in [7, 11) is 1.76. The molecule has 0 atom stereocenters. The molecule has 0 fully saturated rings. The maximum Gasteiger partial charge on any atom is 0.222 e. The SMILES string of the molecule is CCCCCCOCCCCCN(CCOCCCCCOCCC)Cc1ccc(Cc2c(C)nc(N)nc2NCCCCC)c(OC)c1. The number of benzene rings is 1. The van der Waals surface area contributed by atoms with Gasteiger partial charge in [-0.1, -0.05) is 65.0 Å². The Labute approximate surface area is 299 Å². The monoisotopic (exact) mass is 686 g/mol. The number of hydrogen-bond donors (Lipinski definition) is 2. The number of nitrogens with one attached hydrogen (secondary N) is 1. The number of hydrogen-bond acceptors (Lipinski definition) is 9. The van der Waals surface area contributed by atoms with Crippen LogP contribution in [0.2, 0.25) is 0 Å². The van der Waals surface area contributed by atoms with E-state index in [0.29, 0.717) is 12.4 Å². The Morgan fingerprint density at radius 3 is 2.00 bits per heavy atom. The Morgan fingerprint density at radius 1 is 0.694 bits per heavy atom. The summed E-state index contributed by atoms with van der Waals surface area (Å²) in [6.45, 7) is 17.3. The zero-order valence-corrected chi connectivity index (χ0v) is 32.0. The van der Waals surface area contributed by atoms with E-state index in [1.54, 1.807) is 7.11 Å². The highest BCUT2D eigenvalue weighted by molar-refractivity contribution is 5.53. The van der Waals surface area contributed by atoms with E-state index in [2.05, 4.69) is 59.2 Å². The number of aryl methyl sites for hydroxylation is 1. The van der Waals surface area contributed by atoms with Crippen molar-refractivity contribution in [3.63, 3.8) is 0 Å². The van der Waals surface area contributed by atoms with Crippen molar-refractivity contribution in [2.24, 2.45) is 0 Å². The molecule has 0 saturated heterocycles. The Bertz CT molecular complexity index is 1080. The first-order valence-electron chi connectivity index (χ1n) is 19.5. The molecule has 3 N–H and O–H groups in total. The van der Waals surface area contributed by atoms with Crippen LogP contribution in [0, 0.1) is 6.92 Å². The fourth-order valence-corrected chi connectivity index (χ4v) is 5.89. The van der Waals surface area contributed by atoms with E-state index in [0.717, 1.165) is 139 Å². The van der Waals surface area contributed by atoms with Gasteiger partial charge in [0, 0.05) is 70.3 Å². The minimum absolute atomic E-state index is 0.303. The van der Waals surface area contributed by atoms with E-state index in [-0.39, 0.29) is 0 Å². The van der Waals surface area contributed by atoms with Crippen LogP contribution in [0.25, 0.3) is 0 Å². The number of nitrogens with two attached hydrogens (primary N) is 1. The Morgan fingerprint density at radius 2 is 1.33 bits per heavy atom. The molecule has 0 spiro atoms. The standard InChI is InChI=1S/C40H71N5O4/c1-6-9-11-16-27-48-28-17-12-15-23-45(24-30-49-29-19-13-18-26-47-25-8-3)33-35-20-21-36(38(31-35)46-5)32-37-34(4)43-40(41)44-39(37)42-22-14-10-7-2/h20-21,31H,6-19,22-30,32-33H2,1-5H3,(H3,41,42,43,44). The third-order valence-corrected chi connectivity index (χ3v) is 8.81. The molecule has 0 unspecified atom stereocenters. The van der Waals surface area contributed by atoms with E-state index in [1.165, 1.54) is 50.5 Å². The second kappa shape index (κ2) is 28.3. The predicted octanol–water partition coefficient (Wildman–Crippen LogP) is 8.75. The van der Waals surface area contributed by atoms with Gasteiger partial charge in [0.1, 0.15) is 11.6 Å². The molecule has 2 aromatic rings. The summed E-state index contributed by atoms with van der Waals surface area (Å²) in [6, 6.07) is 6.63. The maximum atomic E-state index is 6.08. The molecule has 9 nitrogen and oxygen atoms in total. The highest BCUT2D eigenvalue weighted by atomic mass is 16.5. The average molecular weight is 686 g/mol. The first-order valence-corrected chi connectivity index (χ1v) is 19.5. The highest BCUT2D eigenvalue weighted by Crippen LogP contribution is 2.28. The molecule has 0 aliphatic carbocycles. The summed E-state index contributed by atoms with van der Waals surface area (Å²) in [6.07, 6.45) is 17.0. The number of methoxy groups -OCH3 is 1. The fourth-order valence-electron chi connectivity index (χ4n) is 5.89. The first-order chi connectivity index (χ1) is 24.0. The molecule has 2 rings (SSSR count). The second-order valence-electron chi connectivity index (χ2n) is 13.2. The topological polar surface area (TPSA) is 104 Å². The maximum absolute atomic E-state index is 6.08. The molecule has 1 heterocycles. The zero-order valence-electron chi connectivity index (χ0n) is 32.0. The quantitative estimate of drug-likeness (QED) is 0.0732. The molecular weight excluding hydrogens is 614 g/mol. The molecule has 1 aromatic carbocycles. The van der Waals surface area contributed by atoms with Crippen LogP contribution in [0.1, 0.15) is 133 Å². The van der Waals surface area contributed by atoms with E-state index >= 15 is 0 Å². The Kier molecular flexibility index (Phi) is 24.6. The minimum atomic E-state index is 0.303. The van der Waals surface area contributed by atoms with Gasteiger partial charge in [0.05, 0.1) is 13.7 Å². The Balaban J connectivity index is 1.97. The number of nitrogens with zero attached hydrogens (tertiary/aromatic N) is 3. The molecule has 0 bridgehead atoms. The van der Waals surface area contributed by atoms with Gasteiger partial charge in [-0.15, -0.1) is 0 Å². The lowest BCUT2D eigenvalue weighted by Crippen LogP contribution is -2.28. The summed E-state index contributed by atoms with van der Waals surface area (Å²) in [5.74, 6) is 2.02. The normalized spacial score (nSPS) is 11.5. The summed E-state index contributed by atoms with van der Waals surface area (Å²) >= 11 is 0. The molecule has 0 saturated carbocycles. The third kappa shape index (κ3) is 19.5. The van der Waals surface area contributed by atoms with Crippen molar-refractivity contribution in [3.8, 4) is 5.75 Å². The number of unbranched alkanes of at least 4 members (excludes halogenated alkanes) is 9. The molecule has 0 aliphatic rings. The van der Waals surface area contributed by atoms with Crippen molar-refractivity contribution in [2.75, 3.05) is 77.4 Å². The van der Waals surface area contributed by atoms with Gasteiger partial charge in [-0.2, -0.15) is 4.98 Å². The van der Waals surface area contributed by atoms with Gasteiger partial charge >= 0.3 is 0 Å². The lowest BCUT2D eigenvalue weighted by Gasteiger charge is -2.23. The van der Waals surface area contributed by atoms with Crippen LogP contribution in [0.3, 0.4) is 0 Å². The van der Waals surface area contributed by atoms with Gasteiger partial charge in [0.2, 0.25) is 5.95 Å². The number of nitrogen functional groups attached to an aromatic ring is 1. The predicted molar refractivity (Wildman–Crippen MR) is 205 cm³/mol. The van der Waals surface area contributed by atoms with Crippen molar-refractivity contribution >= 4 is 11.8 Å². The van der Waals surface area contributed by atoms with Crippen molar-refractivity contribution in [2.45, 2.75) is 131 Å². The molecule has 0 radical (unpaired) electrons. The molecule has 0 amide bonds. The van der Waals surface area contributed by atoms with Gasteiger partial charge in [-0.25, -0.2) is 4.98 Å². The van der Waals surface area contributed by atoms with Crippen molar-refractivity contribution in [1.82, 2.24) is 14.9 Å². The van der Waals surface area contributed by atoms with Crippen molar-refractivity contribution in [3.05, 3.63) is 40.6 Å². The largest absolute Gasteiger partial charge is 0.496 e. The number of anilines is 2. The van der Waals surface area contributed by atoms with Gasteiger partial charge in [0.25, 0.3) is 0 Å². The first kappa shape index (κ1) is 42.7. The van der Waals surface area contributed by atoms with Crippen LogP contribution >= 0.6 is 0 Å². The molecule has 49 heavy (non-hydrogen) atoms. The Hall–Kier alpha value is -2.46. The van der Waals surface area contributed by atoms with Gasteiger partial charge in [-0.3, -0.25) is 4.90 Å². The highest BCUT2D eigenvalue weighted by Gasteiger charge is 2.15. The van der Waals surface area contributed by atoms with E-state index in [4.69, 9.17) is 24.7 Å². The van der Waals surface area contributed by atoms with Crippen molar-refractivity contribution in [1.29, 1.82) is 0 Å². The van der Waals surface area contributed by atoms with E-state index < -0.39 is 0 Å². The zero-order chi connectivity index (χ0) is 35.4. The summed E-state index contributed by atoms with van der Waals surface area (Å²) in [4.78, 5) is 11.6. The van der Waals surface area contributed by atoms with Crippen LogP contribution in [-0.4, -0.2) is 81.3 Å².